The summed E-state index contributed by atoms with van der Waals surface area (Å²) in [7, 11) is 0. The molecule has 1 aliphatic heterocycles. The highest BCUT2D eigenvalue weighted by Crippen LogP contribution is 2.39. The summed E-state index contributed by atoms with van der Waals surface area (Å²) in [6.45, 7) is 1.19. The minimum atomic E-state index is -0.727. The maximum atomic E-state index is 13.6. The van der Waals surface area contributed by atoms with Crippen LogP contribution in [0.25, 0.3) is 0 Å². The molecule has 1 N–H and O–H groups in total. The Morgan fingerprint density at radius 2 is 1.92 bits per heavy atom. The Morgan fingerprint density at radius 1 is 1.12 bits per heavy atom. The Kier molecular flexibility index (Phi) is 4.21. The summed E-state index contributed by atoms with van der Waals surface area (Å²) in [5, 5.41) is 9.02. The zero-order valence-electron chi connectivity index (χ0n) is 14.0. The first kappa shape index (κ1) is 16.7. The van der Waals surface area contributed by atoms with E-state index in [1.54, 1.807) is 0 Å². The Labute approximate surface area is 150 Å². The van der Waals surface area contributed by atoms with E-state index in [4.69, 9.17) is 5.11 Å². The Bertz CT molecular complexity index is 939. The second-order valence-electron chi connectivity index (χ2n) is 6.83. The van der Waals surface area contributed by atoms with E-state index in [1.807, 2.05) is 18.2 Å². The van der Waals surface area contributed by atoms with Gasteiger partial charge in [-0.05, 0) is 54.3 Å². The van der Waals surface area contributed by atoms with E-state index in [0.29, 0.717) is 13.1 Å². The predicted molar refractivity (Wildman–Crippen MR) is 92.5 cm³/mol. The molecule has 3 nitrogen and oxygen atoms in total. The molecular weight excluding hydrogens is 336 g/mol. The molecule has 1 atom stereocenters. The summed E-state index contributed by atoms with van der Waals surface area (Å²) >= 11 is 0. The van der Waals surface area contributed by atoms with Gasteiger partial charge in [0, 0.05) is 24.7 Å². The van der Waals surface area contributed by atoms with E-state index in [2.05, 4.69) is 16.7 Å². The Hall–Kier alpha value is -2.71. The number of carboxylic acid groups (broad SMARTS) is 1. The molecule has 26 heavy (non-hydrogen) atoms. The molecule has 1 fully saturated rings. The summed E-state index contributed by atoms with van der Waals surface area (Å²) in [5.41, 5.74) is 3.22. The Morgan fingerprint density at radius 3 is 2.69 bits per heavy atom. The first-order valence-electron chi connectivity index (χ1n) is 8.58. The van der Waals surface area contributed by atoms with Gasteiger partial charge in [-0.2, -0.15) is 0 Å². The summed E-state index contributed by atoms with van der Waals surface area (Å²) in [6, 6.07) is 9.40. The average molecular weight is 353 g/mol. The highest BCUT2D eigenvalue weighted by molar-refractivity contribution is 5.71. The number of carboxylic acids is 1. The van der Waals surface area contributed by atoms with E-state index < -0.39 is 17.6 Å². The molecule has 0 spiro atoms. The minimum absolute atomic E-state index is 0.0451. The van der Waals surface area contributed by atoms with Gasteiger partial charge in [0.05, 0.1) is 11.5 Å². The van der Waals surface area contributed by atoms with Crippen LogP contribution in [-0.2, 0) is 11.2 Å². The molecule has 4 rings (SSSR count). The van der Waals surface area contributed by atoms with Crippen LogP contribution in [0, 0.1) is 29.4 Å². The topological polar surface area (TPSA) is 40.5 Å². The number of fused-ring (bicyclic) bond motifs is 1. The summed E-state index contributed by atoms with van der Waals surface area (Å²) in [6.07, 6.45) is 1.88. The van der Waals surface area contributed by atoms with Crippen molar-refractivity contribution in [1.82, 2.24) is 4.90 Å². The van der Waals surface area contributed by atoms with Gasteiger partial charge in [0.25, 0.3) is 0 Å². The van der Waals surface area contributed by atoms with Crippen molar-refractivity contribution in [2.45, 2.75) is 18.9 Å². The molecule has 0 bridgehead atoms. The van der Waals surface area contributed by atoms with Crippen LogP contribution >= 0.6 is 0 Å². The molecule has 2 aliphatic rings. The van der Waals surface area contributed by atoms with Crippen LogP contribution < -0.4 is 0 Å². The van der Waals surface area contributed by atoms with Gasteiger partial charge in [0.1, 0.15) is 11.6 Å². The van der Waals surface area contributed by atoms with Crippen molar-refractivity contribution in [2.75, 3.05) is 13.1 Å². The largest absolute Gasteiger partial charge is 0.481 e. The standard InChI is InChI=1S/C21H17F2NO2/c22-17-5-7-19(23)15(10-17)3-1-13-2-6-18-14(9-13)4-8-20(18)24-11-16(12-24)21(25)26/h2,5-7,9-10,16,20H,4,8,11-12H2,(H,25,26)/t20-/m0/s1. The van der Waals surface area contributed by atoms with Crippen molar-refractivity contribution in [2.24, 2.45) is 5.92 Å². The van der Waals surface area contributed by atoms with Crippen LogP contribution in [0.2, 0.25) is 0 Å². The average Bonchev–Trinajstić information content (AvgIpc) is 2.97. The number of hydrogen-bond acceptors (Lipinski definition) is 2. The predicted octanol–water partition coefficient (Wildman–Crippen LogP) is 3.37. The monoisotopic (exact) mass is 353 g/mol. The van der Waals surface area contributed by atoms with Gasteiger partial charge < -0.3 is 5.11 Å². The first-order chi connectivity index (χ1) is 12.5. The first-order valence-corrected chi connectivity index (χ1v) is 8.58. The lowest BCUT2D eigenvalue weighted by molar-refractivity contribution is -0.148. The number of aliphatic carboxylic acids is 1. The lowest BCUT2D eigenvalue weighted by atomic mass is 9.95. The SMILES string of the molecule is O=C(O)C1CN([C@H]2CCc3cc(C#Cc4cc(F)ccc4F)ccc32)C1. The number of rotatable bonds is 2. The van der Waals surface area contributed by atoms with Crippen LogP contribution in [-0.4, -0.2) is 29.1 Å². The van der Waals surface area contributed by atoms with Crippen LogP contribution in [0.15, 0.2) is 36.4 Å². The van der Waals surface area contributed by atoms with Gasteiger partial charge in [-0.15, -0.1) is 0 Å². The van der Waals surface area contributed by atoms with Crippen molar-refractivity contribution in [3.05, 3.63) is 70.3 Å². The van der Waals surface area contributed by atoms with Crippen LogP contribution in [0.5, 0.6) is 0 Å². The maximum absolute atomic E-state index is 13.6. The van der Waals surface area contributed by atoms with Crippen molar-refractivity contribution in [3.8, 4) is 11.8 Å². The molecule has 1 aliphatic carbocycles. The molecule has 132 valence electrons. The van der Waals surface area contributed by atoms with Crippen molar-refractivity contribution in [3.63, 3.8) is 0 Å². The van der Waals surface area contributed by atoms with Crippen LogP contribution in [0.3, 0.4) is 0 Å². The van der Waals surface area contributed by atoms with Gasteiger partial charge in [-0.3, -0.25) is 9.69 Å². The molecule has 1 saturated heterocycles. The molecule has 0 unspecified atom stereocenters. The zero-order valence-corrected chi connectivity index (χ0v) is 14.0. The normalized spacial score (nSPS) is 19.4. The fourth-order valence-electron chi connectivity index (χ4n) is 3.71. The molecular formula is C21H17F2NO2. The third-order valence-corrected chi connectivity index (χ3v) is 5.16. The fraction of sp³-hybridized carbons (Fsp3) is 0.286. The van der Waals surface area contributed by atoms with Gasteiger partial charge in [-0.25, -0.2) is 8.78 Å². The number of hydrogen-bond donors (Lipinski definition) is 1. The minimum Gasteiger partial charge on any atom is -0.481 e. The Balaban J connectivity index is 1.52. The molecule has 2 aromatic rings. The number of nitrogens with zero attached hydrogens (tertiary/aromatic N) is 1. The lowest BCUT2D eigenvalue weighted by Gasteiger charge is -2.41. The third kappa shape index (κ3) is 3.09. The smallest absolute Gasteiger partial charge is 0.309 e. The highest BCUT2D eigenvalue weighted by atomic mass is 19.1. The molecule has 1 heterocycles. The van der Waals surface area contributed by atoms with Crippen molar-refractivity contribution in [1.29, 1.82) is 0 Å². The number of aryl methyl sites for hydroxylation is 1. The van der Waals surface area contributed by atoms with E-state index in [0.717, 1.165) is 36.6 Å². The fourth-order valence-corrected chi connectivity index (χ4v) is 3.71. The molecule has 2 aromatic carbocycles. The molecule has 0 amide bonds. The quantitative estimate of drug-likeness (QED) is 0.842. The number of carbonyl (C=O) groups is 1. The van der Waals surface area contributed by atoms with Crippen LogP contribution in [0.1, 0.15) is 34.7 Å². The van der Waals surface area contributed by atoms with Crippen molar-refractivity contribution < 1.29 is 18.7 Å². The highest BCUT2D eigenvalue weighted by Gasteiger charge is 2.39. The summed E-state index contributed by atoms with van der Waals surface area (Å²) in [4.78, 5) is 13.2. The molecule has 5 heteroatoms. The number of halogens is 2. The number of likely N-dealkylation sites (tertiary alicyclic amines) is 1. The molecule has 0 radical (unpaired) electrons. The molecule has 0 saturated carbocycles. The third-order valence-electron chi connectivity index (χ3n) is 5.16. The van der Waals surface area contributed by atoms with Gasteiger partial charge in [-0.1, -0.05) is 17.9 Å². The van der Waals surface area contributed by atoms with Gasteiger partial charge >= 0.3 is 5.97 Å². The van der Waals surface area contributed by atoms with Gasteiger partial charge in [0.2, 0.25) is 0 Å². The van der Waals surface area contributed by atoms with Gasteiger partial charge in [0.15, 0.2) is 0 Å². The lowest BCUT2D eigenvalue weighted by Crippen LogP contribution is -2.51. The van der Waals surface area contributed by atoms with E-state index in [-0.39, 0.29) is 17.5 Å². The summed E-state index contributed by atoms with van der Waals surface area (Å²) < 4.78 is 26.9. The van der Waals surface area contributed by atoms with Crippen LogP contribution in [0.4, 0.5) is 8.78 Å². The zero-order chi connectivity index (χ0) is 18.3. The second kappa shape index (κ2) is 6.54. The summed E-state index contributed by atoms with van der Waals surface area (Å²) in [5.74, 6) is 3.57. The molecule has 0 aromatic heterocycles. The van der Waals surface area contributed by atoms with E-state index in [1.165, 1.54) is 11.1 Å². The van der Waals surface area contributed by atoms with E-state index in [9.17, 15) is 13.6 Å². The van der Waals surface area contributed by atoms with Crippen molar-refractivity contribution >= 4 is 5.97 Å². The second-order valence-corrected chi connectivity index (χ2v) is 6.83. The maximum Gasteiger partial charge on any atom is 0.309 e. The number of benzene rings is 2. The van der Waals surface area contributed by atoms with E-state index >= 15 is 0 Å².